The van der Waals surface area contributed by atoms with Crippen LogP contribution in [0.2, 0.25) is 0 Å². The number of carbonyl (C=O) groups excluding carboxylic acids is 1. The summed E-state index contributed by atoms with van der Waals surface area (Å²) in [4.78, 5) is 11.5. The summed E-state index contributed by atoms with van der Waals surface area (Å²) in [5, 5.41) is 13.7. The van der Waals surface area contributed by atoms with Crippen molar-refractivity contribution >= 4 is 27.7 Å². The number of aromatic nitrogens is 2. The number of hydrogen-bond donors (Lipinski definition) is 2. The van der Waals surface area contributed by atoms with Gasteiger partial charge in [-0.15, -0.1) is 10.2 Å². The topological polar surface area (TPSA) is 66.9 Å². The van der Waals surface area contributed by atoms with Crippen molar-refractivity contribution in [3.8, 4) is 0 Å². The number of carbonyl (C=O) groups is 1. The standard InChI is InChI=1S/C14H15BrN4O/c1-2-16-14(20)12-6-7-13(19-18-12)17-9-10-4-3-5-11(15)8-10/h3-8H,2,9H2,1H3,(H,16,20)(H,17,19). The molecule has 1 aromatic heterocycles. The highest BCUT2D eigenvalue weighted by Gasteiger charge is 2.06. The average molecular weight is 335 g/mol. The van der Waals surface area contributed by atoms with Gasteiger partial charge in [-0.05, 0) is 36.8 Å². The van der Waals surface area contributed by atoms with E-state index in [1.807, 2.05) is 31.2 Å². The van der Waals surface area contributed by atoms with Crippen LogP contribution in [0.5, 0.6) is 0 Å². The molecule has 2 aromatic rings. The highest BCUT2D eigenvalue weighted by atomic mass is 79.9. The first-order valence-electron chi connectivity index (χ1n) is 6.29. The van der Waals surface area contributed by atoms with Crippen LogP contribution in [0.4, 0.5) is 5.82 Å². The average Bonchev–Trinajstić information content (AvgIpc) is 2.46. The predicted molar refractivity (Wildman–Crippen MR) is 81.5 cm³/mol. The highest BCUT2D eigenvalue weighted by molar-refractivity contribution is 9.10. The van der Waals surface area contributed by atoms with E-state index in [1.54, 1.807) is 12.1 Å². The van der Waals surface area contributed by atoms with Gasteiger partial charge in [0.1, 0.15) is 5.82 Å². The first kappa shape index (κ1) is 14.5. The third-order valence-electron chi connectivity index (χ3n) is 2.60. The molecule has 2 rings (SSSR count). The van der Waals surface area contributed by atoms with Crippen molar-refractivity contribution in [1.82, 2.24) is 15.5 Å². The molecule has 104 valence electrons. The molecule has 1 amide bonds. The lowest BCUT2D eigenvalue weighted by Crippen LogP contribution is -2.24. The van der Waals surface area contributed by atoms with Gasteiger partial charge in [0.05, 0.1) is 0 Å². The van der Waals surface area contributed by atoms with Gasteiger partial charge in [0.15, 0.2) is 5.69 Å². The first-order valence-corrected chi connectivity index (χ1v) is 7.08. The maximum Gasteiger partial charge on any atom is 0.271 e. The second kappa shape index (κ2) is 7.00. The molecule has 0 aliphatic carbocycles. The maximum atomic E-state index is 11.5. The number of benzene rings is 1. The van der Waals surface area contributed by atoms with Gasteiger partial charge in [-0.2, -0.15) is 0 Å². The fourth-order valence-electron chi connectivity index (χ4n) is 1.64. The number of rotatable bonds is 5. The Balaban J connectivity index is 1.95. The van der Waals surface area contributed by atoms with Crippen LogP contribution in [0.25, 0.3) is 0 Å². The zero-order valence-electron chi connectivity index (χ0n) is 11.1. The molecule has 0 saturated carbocycles. The Hall–Kier alpha value is -1.95. The van der Waals surface area contributed by atoms with Crippen LogP contribution < -0.4 is 10.6 Å². The molecule has 20 heavy (non-hydrogen) atoms. The number of anilines is 1. The summed E-state index contributed by atoms with van der Waals surface area (Å²) >= 11 is 3.43. The molecular formula is C14H15BrN4O. The van der Waals surface area contributed by atoms with Gasteiger partial charge in [0.25, 0.3) is 5.91 Å². The number of nitrogens with zero attached hydrogens (tertiary/aromatic N) is 2. The molecule has 0 bridgehead atoms. The minimum Gasteiger partial charge on any atom is -0.365 e. The zero-order valence-corrected chi connectivity index (χ0v) is 12.6. The summed E-state index contributed by atoms with van der Waals surface area (Å²) < 4.78 is 1.04. The lowest BCUT2D eigenvalue weighted by atomic mass is 10.2. The van der Waals surface area contributed by atoms with Crippen LogP contribution in [0.1, 0.15) is 23.0 Å². The molecule has 0 aliphatic heterocycles. The molecule has 0 saturated heterocycles. The molecule has 0 unspecified atom stereocenters. The van der Waals surface area contributed by atoms with Crippen LogP contribution in [-0.2, 0) is 6.54 Å². The van der Waals surface area contributed by atoms with Gasteiger partial charge >= 0.3 is 0 Å². The first-order chi connectivity index (χ1) is 9.69. The normalized spacial score (nSPS) is 10.1. The summed E-state index contributed by atoms with van der Waals surface area (Å²) in [5.74, 6) is 0.427. The van der Waals surface area contributed by atoms with Crippen molar-refractivity contribution < 1.29 is 4.79 Å². The molecule has 1 heterocycles. The van der Waals surface area contributed by atoms with Crippen molar-refractivity contribution in [2.45, 2.75) is 13.5 Å². The second-order valence-electron chi connectivity index (χ2n) is 4.15. The number of halogens is 1. The van der Waals surface area contributed by atoms with E-state index in [1.165, 1.54) is 0 Å². The van der Waals surface area contributed by atoms with Gasteiger partial charge in [-0.25, -0.2) is 0 Å². The van der Waals surface area contributed by atoms with E-state index in [4.69, 9.17) is 0 Å². The summed E-state index contributed by atoms with van der Waals surface area (Å²) in [6, 6.07) is 11.4. The van der Waals surface area contributed by atoms with Crippen molar-refractivity contribution in [3.63, 3.8) is 0 Å². The Kier molecular flexibility index (Phi) is 5.06. The SMILES string of the molecule is CCNC(=O)c1ccc(NCc2cccc(Br)c2)nn1. The van der Waals surface area contributed by atoms with Crippen molar-refractivity contribution in [2.75, 3.05) is 11.9 Å². The minimum atomic E-state index is -0.210. The largest absolute Gasteiger partial charge is 0.365 e. The van der Waals surface area contributed by atoms with Crippen molar-refractivity contribution in [1.29, 1.82) is 0 Å². The second-order valence-corrected chi connectivity index (χ2v) is 5.06. The highest BCUT2D eigenvalue weighted by Crippen LogP contribution is 2.12. The maximum absolute atomic E-state index is 11.5. The van der Waals surface area contributed by atoms with E-state index in [0.717, 1.165) is 10.0 Å². The van der Waals surface area contributed by atoms with Crippen molar-refractivity contribution in [2.24, 2.45) is 0 Å². The minimum absolute atomic E-state index is 0.210. The molecule has 5 nitrogen and oxygen atoms in total. The monoisotopic (exact) mass is 334 g/mol. The fraction of sp³-hybridized carbons (Fsp3) is 0.214. The van der Waals surface area contributed by atoms with Crippen LogP contribution in [0, 0.1) is 0 Å². The van der Waals surface area contributed by atoms with E-state index < -0.39 is 0 Å². The lowest BCUT2D eigenvalue weighted by molar-refractivity contribution is 0.0950. The van der Waals surface area contributed by atoms with E-state index in [-0.39, 0.29) is 5.91 Å². The predicted octanol–water partition coefficient (Wildman–Crippen LogP) is 2.60. The smallest absolute Gasteiger partial charge is 0.271 e. The molecule has 6 heteroatoms. The Morgan fingerprint density at radius 2 is 2.10 bits per heavy atom. The number of hydrogen-bond acceptors (Lipinski definition) is 4. The molecule has 2 N–H and O–H groups in total. The van der Waals surface area contributed by atoms with Crippen LogP contribution >= 0.6 is 15.9 Å². The third kappa shape index (κ3) is 4.03. The molecule has 0 radical (unpaired) electrons. The summed E-state index contributed by atoms with van der Waals surface area (Å²) in [7, 11) is 0. The fourth-order valence-corrected chi connectivity index (χ4v) is 2.08. The van der Waals surface area contributed by atoms with Gasteiger partial charge in [-0.1, -0.05) is 28.1 Å². The molecule has 0 spiro atoms. The molecule has 0 fully saturated rings. The zero-order chi connectivity index (χ0) is 14.4. The molecule has 0 aliphatic rings. The Morgan fingerprint density at radius 1 is 1.25 bits per heavy atom. The molecular weight excluding hydrogens is 320 g/mol. The summed E-state index contributed by atoms with van der Waals surface area (Å²) in [6.07, 6.45) is 0. The summed E-state index contributed by atoms with van der Waals surface area (Å²) in [6.45, 7) is 3.08. The molecule has 0 atom stereocenters. The Bertz CT molecular complexity index is 586. The summed E-state index contributed by atoms with van der Waals surface area (Å²) in [5.41, 5.74) is 1.45. The van der Waals surface area contributed by atoms with E-state index in [2.05, 4.69) is 36.8 Å². The third-order valence-corrected chi connectivity index (χ3v) is 3.09. The Labute approximate surface area is 125 Å². The van der Waals surface area contributed by atoms with E-state index in [0.29, 0.717) is 24.6 Å². The number of amides is 1. The van der Waals surface area contributed by atoms with Gasteiger partial charge < -0.3 is 10.6 Å². The van der Waals surface area contributed by atoms with Gasteiger partial charge in [0, 0.05) is 17.6 Å². The quantitative estimate of drug-likeness (QED) is 0.881. The van der Waals surface area contributed by atoms with Crippen LogP contribution in [0.15, 0.2) is 40.9 Å². The van der Waals surface area contributed by atoms with E-state index >= 15 is 0 Å². The van der Waals surface area contributed by atoms with E-state index in [9.17, 15) is 4.79 Å². The lowest BCUT2D eigenvalue weighted by Gasteiger charge is -2.06. The molecule has 1 aromatic carbocycles. The van der Waals surface area contributed by atoms with Gasteiger partial charge in [0.2, 0.25) is 0 Å². The number of nitrogens with one attached hydrogen (secondary N) is 2. The Morgan fingerprint density at radius 3 is 2.75 bits per heavy atom. The van der Waals surface area contributed by atoms with Gasteiger partial charge in [-0.3, -0.25) is 4.79 Å². The van der Waals surface area contributed by atoms with Crippen LogP contribution in [-0.4, -0.2) is 22.6 Å². The van der Waals surface area contributed by atoms with Crippen molar-refractivity contribution in [3.05, 3.63) is 52.1 Å². The van der Waals surface area contributed by atoms with Crippen LogP contribution in [0.3, 0.4) is 0 Å².